The van der Waals surface area contributed by atoms with Crippen LogP contribution in [-0.2, 0) is 11.3 Å². The molecule has 1 heterocycles. The Hall–Kier alpha value is -2.24. The van der Waals surface area contributed by atoms with E-state index in [0.29, 0.717) is 23.0 Å². The molecule has 0 spiro atoms. The average Bonchev–Trinajstić information content (AvgIpc) is 2.92. The number of carbonyl (C=O) groups is 1. The molecule has 2 aromatic rings. The molecule has 25 heavy (non-hydrogen) atoms. The van der Waals surface area contributed by atoms with Gasteiger partial charge in [-0.05, 0) is 31.5 Å². The van der Waals surface area contributed by atoms with Crippen LogP contribution >= 0.6 is 23.4 Å². The van der Waals surface area contributed by atoms with Gasteiger partial charge in [-0.15, -0.1) is 5.10 Å². The number of anilines is 1. The number of hydrogen-bond donors (Lipinski definition) is 2. The summed E-state index contributed by atoms with van der Waals surface area (Å²) in [6.45, 7) is 4.33. The van der Waals surface area contributed by atoms with E-state index in [9.17, 15) is 9.59 Å². The number of benzene rings is 1. The van der Waals surface area contributed by atoms with Crippen LogP contribution in [-0.4, -0.2) is 25.9 Å². The summed E-state index contributed by atoms with van der Waals surface area (Å²) in [5.74, 6) is -0.247. The summed E-state index contributed by atoms with van der Waals surface area (Å²) in [6.07, 6.45) is 1.81. The number of nitrogens with zero attached hydrogens (tertiary/aromatic N) is 3. The molecular weight excluding hydrogens is 362 g/mol. The molecule has 1 aromatic carbocycles. The molecule has 0 aliphatic heterocycles. The van der Waals surface area contributed by atoms with Crippen molar-refractivity contribution in [3.8, 4) is 6.07 Å². The molecule has 9 heteroatoms. The van der Waals surface area contributed by atoms with Gasteiger partial charge in [-0.1, -0.05) is 36.7 Å². The highest BCUT2D eigenvalue weighted by atomic mass is 35.5. The van der Waals surface area contributed by atoms with Crippen LogP contribution in [0.15, 0.2) is 28.2 Å². The van der Waals surface area contributed by atoms with Gasteiger partial charge in [0.2, 0.25) is 5.91 Å². The average molecular weight is 380 g/mol. The Kier molecular flexibility index (Phi) is 6.67. The summed E-state index contributed by atoms with van der Waals surface area (Å²) >= 11 is 7.17. The van der Waals surface area contributed by atoms with Crippen molar-refractivity contribution >= 4 is 35.0 Å². The van der Waals surface area contributed by atoms with Gasteiger partial charge in [0, 0.05) is 12.2 Å². The summed E-state index contributed by atoms with van der Waals surface area (Å²) in [6, 6.07) is 6.66. The van der Waals surface area contributed by atoms with Crippen molar-refractivity contribution in [2.45, 2.75) is 43.6 Å². The number of hydrogen-bond acceptors (Lipinski definition) is 5. The van der Waals surface area contributed by atoms with Crippen LogP contribution in [0.5, 0.6) is 0 Å². The van der Waals surface area contributed by atoms with Gasteiger partial charge in [0.05, 0.1) is 15.8 Å². The van der Waals surface area contributed by atoms with Gasteiger partial charge in [0.25, 0.3) is 0 Å². The van der Waals surface area contributed by atoms with Crippen molar-refractivity contribution in [3.63, 3.8) is 0 Å². The maximum Gasteiger partial charge on any atom is 0.343 e. The van der Waals surface area contributed by atoms with Crippen molar-refractivity contribution in [1.29, 1.82) is 5.26 Å². The standard InChI is InChI=1S/C16H18ClN5O2S/c1-3-4-7-22-15(24)20-21-16(22)25-10(2)14(23)19-12-6-5-11(9-18)13(17)8-12/h5-6,8,10H,3-4,7H2,1-2H3,(H,19,23)(H,20,24). The highest BCUT2D eigenvalue weighted by molar-refractivity contribution is 8.00. The Bertz CT molecular complexity index is 855. The summed E-state index contributed by atoms with van der Waals surface area (Å²) in [7, 11) is 0. The van der Waals surface area contributed by atoms with E-state index in [-0.39, 0.29) is 16.6 Å². The van der Waals surface area contributed by atoms with Crippen LogP contribution in [0.1, 0.15) is 32.3 Å². The number of unbranched alkanes of at least 4 members (excludes halogenated alkanes) is 1. The first kappa shape index (κ1) is 19.1. The van der Waals surface area contributed by atoms with Crippen LogP contribution in [0, 0.1) is 11.3 Å². The van der Waals surface area contributed by atoms with E-state index in [1.54, 1.807) is 19.1 Å². The van der Waals surface area contributed by atoms with Gasteiger partial charge in [-0.2, -0.15) is 5.26 Å². The zero-order chi connectivity index (χ0) is 18.4. The molecule has 1 aromatic heterocycles. The number of H-pyrrole nitrogens is 1. The van der Waals surface area contributed by atoms with E-state index in [0.717, 1.165) is 12.8 Å². The van der Waals surface area contributed by atoms with E-state index < -0.39 is 5.25 Å². The van der Waals surface area contributed by atoms with Gasteiger partial charge >= 0.3 is 5.69 Å². The number of nitriles is 1. The van der Waals surface area contributed by atoms with Gasteiger partial charge in [-0.25, -0.2) is 9.89 Å². The van der Waals surface area contributed by atoms with Gasteiger partial charge < -0.3 is 5.32 Å². The number of carbonyl (C=O) groups excluding carboxylic acids is 1. The molecule has 1 unspecified atom stereocenters. The van der Waals surface area contributed by atoms with E-state index in [2.05, 4.69) is 15.5 Å². The van der Waals surface area contributed by atoms with Crippen LogP contribution < -0.4 is 11.0 Å². The zero-order valence-electron chi connectivity index (χ0n) is 13.9. The largest absolute Gasteiger partial charge is 0.343 e. The SMILES string of the molecule is CCCCn1c(SC(C)C(=O)Nc2ccc(C#N)c(Cl)c2)n[nH]c1=O. The molecule has 1 atom stereocenters. The quantitative estimate of drug-likeness (QED) is 0.719. The Morgan fingerprint density at radius 2 is 2.32 bits per heavy atom. The number of aromatic nitrogens is 3. The lowest BCUT2D eigenvalue weighted by atomic mass is 10.2. The van der Waals surface area contributed by atoms with Crippen molar-refractivity contribution in [2.24, 2.45) is 0 Å². The maximum atomic E-state index is 12.3. The summed E-state index contributed by atoms with van der Waals surface area (Å²) in [5.41, 5.74) is 0.577. The monoisotopic (exact) mass is 379 g/mol. The molecule has 0 saturated carbocycles. The predicted octanol–water partition coefficient (Wildman–Crippen LogP) is 3.02. The van der Waals surface area contributed by atoms with E-state index in [1.807, 2.05) is 13.0 Å². The summed E-state index contributed by atoms with van der Waals surface area (Å²) in [4.78, 5) is 24.1. The lowest BCUT2D eigenvalue weighted by Gasteiger charge is -2.12. The van der Waals surface area contributed by atoms with Crippen LogP contribution in [0.25, 0.3) is 0 Å². The molecule has 0 aliphatic rings. The molecule has 0 fully saturated rings. The molecule has 0 bridgehead atoms. The first-order chi connectivity index (χ1) is 12.0. The highest BCUT2D eigenvalue weighted by Gasteiger charge is 2.19. The topological polar surface area (TPSA) is 104 Å². The van der Waals surface area contributed by atoms with E-state index in [4.69, 9.17) is 16.9 Å². The van der Waals surface area contributed by atoms with Crippen molar-refractivity contribution < 1.29 is 4.79 Å². The normalized spacial score (nSPS) is 11.8. The molecule has 0 radical (unpaired) electrons. The summed E-state index contributed by atoms with van der Waals surface area (Å²) < 4.78 is 1.54. The molecular formula is C16H18ClN5O2S. The minimum Gasteiger partial charge on any atom is -0.325 e. The third-order valence-corrected chi connectivity index (χ3v) is 4.87. The Balaban J connectivity index is 2.05. The fourth-order valence-electron chi connectivity index (χ4n) is 2.05. The molecule has 1 amide bonds. The van der Waals surface area contributed by atoms with Crippen molar-refractivity contribution in [2.75, 3.05) is 5.32 Å². The highest BCUT2D eigenvalue weighted by Crippen LogP contribution is 2.24. The molecule has 2 rings (SSSR count). The van der Waals surface area contributed by atoms with Crippen molar-refractivity contribution in [1.82, 2.24) is 14.8 Å². The first-order valence-corrected chi connectivity index (χ1v) is 9.04. The predicted molar refractivity (Wildman–Crippen MR) is 97.9 cm³/mol. The van der Waals surface area contributed by atoms with E-state index in [1.165, 1.54) is 22.4 Å². The Morgan fingerprint density at radius 3 is 2.96 bits per heavy atom. The molecule has 132 valence electrons. The molecule has 2 N–H and O–H groups in total. The number of rotatable bonds is 7. The second-order valence-electron chi connectivity index (χ2n) is 5.37. The minimum atomic E-state index is -0.468. The Labute approximate surface area is 154 Å². The third kappa shape index (κ3) is 4.87. The lowest BCUT2D eigenvalue weighted by molar-refractivity contribution is -0.115. The second-order valence-corrected chi connectivity index (χ2v) is 7.09. The van der Waals surface area contributed by atoms with Gasteiger partial charge in [-0.3, -0.25) is 9.36 Å². The van der Waals surface area contributed by atoms with Gasteiger partial charge in [0.15, 0.2) is 5.16 Å². The number of amides is 1. The lowest BCUT2D eigenvalue weighted by Crippen LogP contribution is -2.24. The smallest absolute Gasteiger partial charge is 0.325 e. The van der Waals surface area contributed by atoms with Crippen molar-refractivity contribution in [3.05, 3.63) is 39.3 Å². The number of halogens is 1. The van der Waals surface area contributed by atoms with Crippen LogP contribution in [0.4, 0.5) is 5.69 Å². The zero-order valence-corrected chi connectivity index (χ0v) is 15.4. The molecule has 0 aliphatic carbocycles. The molecule has 7 nitrogen and oxygen atoms in total. The Morgan fingerprint density at radius 1 is 1.56 bits per heavy atom. The van der Waals surface area contributed by atoms with Gasteiger partial charge in [0.1, 0.15) is 6.07 Å². The van der Waals surface area contributed by atoms with E-state index >= 15 is 0 Å². The number of aromatic amines is 1. The minimum absolute atomic E-state index is 0.247. The number of nitrogens with one attached hydrogen (secondary N) is 2. The van der Waals surface area contributed by atoms with Crippen LogP contribution in [0.3, 0.4) is 0 Å². The molecule has 0 saturated heterocycles. The van der Waals surface area contributed by atoms with Crippen LogP contribution in [0.2, 0.25) is 5.02 Å². The first-order valence-electron chi connectivity index (χ1n) is 7.78. The maximum absolute atomic E-state index is 12.3. The fourth-order valence-corrected chi connectivity index (χ4v) is 3.15. The number of thioether (sulfide) groups is 1. The fraction of sp³-hybridized carbons (Fsp3) is 0.375. The third-order valence-electron chi connectivity index (χ3n) is 3.47. The summed E-state index contributed by atoms with van der Waals surface area (Å²) in [5, 5.41) is 18.3. The second kappa shape index (κ2) is 8.74.